The maximum absolute atomic E-state index is 10.5. The first-order valence-electron chi connectivity index (χ1n) is 12.8. The lowest BCUT2D eigenvalue weighted by atomic mass is 9.82. The summed E-state index contributed by atoms with van der Waals surface area (Å²) >= 11 is 0. The molecule has 0 aliphatic carbocycles. The van der Waals surface area contributed by atoms with Crippen molar-refractivity contribution in [3.63, 3.8) is 0 Å². The summed E-state index contributed by atoms with van der Waals surface area (Å²) in [6.07, 6.45) is 6.67. The van der Waals surface area contributed by atoms with E-state index in [2.05, 4.69) is 116 Å². The molecule has 0 saturated carbocycles. The van der Waals surface area contributed by atoms with Crippen LogP contribution in [0.4, 0.5) is 0 Å². The molecule has 1 heteroatoms. The fourth-order valence-corrected chi connectivity index (χ4v) is 4.88. The highest BCUT2D eigenvalue weighted by molar-refractivity contribution is 5.58. The van der Waals surface area contributed by atoms with Crippen molar-refractivity contribution >= 4 is 0 Å². The maximum Gasteiger partial charge on any atom is 0.0997 e. The molecule has 5 rings (SSSR count). The van der Waals surface area contributed by atoms with Gasteiger partial charge in [-0.15, -0.1) is 0 Å². The molecule has 1 nitrogen and oxygen atoms in total. The van der Waals surface area contributed by atoms with Crippen molar-refractivity contribution in [1.82, 2.24) is 0 Å². The van der Waals surface area contributed by atoms with Crippen molar-refractivity contribution in [2.75, 3.05) is 0 Å². The molecule has 0 aromatic heterocycles. The van der Waals surface area contributed by atoms with Crippen LogP contribution in [0.2, 0.25) is 0 Å². The smallest absolute Gasteiger partial charge is 0.0997 e. The molecular formula is C36H29N. The second kappa shape index (κ2) is 12.0. The highest BCUT2D eigenvalue weighted by Gasteiger charge is 2.19. The number of rotatable bonds is 9. The van der Waals surface area contributed by atoms with E-state index in [0.29, 0.717) is 6.42 Å². The third-order valence-electron chi connectivity index (χ3n) is 6.75. The average Bonchev–Trinajstić information content (AvgIpc) is 2.96. The molecule has 0 bridgehead atoms. The van der Waals surface area contributed by atoms with Gasteiger partial charge in [0.05, 0.1) is 11.6 Å². The zero-order valence-corrected chi connectivity index (χ0v) is 20.9. The molecule has 0 heterocycles. The largest absolute Gasteiger partial charge is 0.192 e. The van der Waals surface area contributed by atoms with Crippen LogP contribution in [0.5, 0.6) is 0 Å². The lowest BCUT2D eigenvalue weighted by Crippen LogP contribution is -2.09. The minimum absolute atomic E-state index is 0.717. The summed E-state index contributed by atoms with van der Waals surface area (Å²) in [5.74, 6) is 0. The molecular weight excluding hydrogens is 446 g/mol. The first-order valence-corrected chi connectivity index (χ1v) is 12.8. The zero-order valence-electron chi connectivity index (χ0n) is 20.9. The summed E-state index contributed by atoms with van der Waals surface area (Å²) < 4.78 is 0. The van der Waals surface area contributed by atoms with Gasteiger partial charge >= 0.3 is 0 Å². The average molecular weight is 476 g/mol. The van der Waals surface area contributed by atoms with E-state index < -0.39 is 0 Å². The van der Waals surface area contributed by atoms with Crippen LogP contribution in [-0.4, -0.2) is 0 Å². The van der Waals surface area contributed by atoms with Crippen molar-refractivity contribution in [2.45, 2.75) is 25.7 Å². The van der Waals surface area contributed by atoms with Gasteiger partial charge in [0.1, 0.15) is 0 Å². The van der Waals surface area contributed by atoms with Gasteiger partial charge in [-0.2, -0.15) is 5.26 Å². The fourth-order valence-electron chi connectivity index (χ4n) is 4.88. The monoisotopic (exact) mass is 475 g/mol. The van der Waals surface area contributed by atoms with Crippen molar-refractivity contribution < 1.29 is 0 Å². The Hall–Kier alpha value is -4.41. The van der Waals surface area contributed by atoms with Crippen LogP contribution in [0, 0.1) is 17.8 Å². The van der Waals surface area contributed by atoms with Gasteiger partial charge in [0.15, 0.2) is 0 Å². The molecule has 0 saturated heterocycles. The first-order chi connectivity index (χ1) is 18.3. The first kappa shape index (κ1) is 24.3. The molecule has 0 N–H and O–H groups in total. The Kier molecular flexibility index (Phi) is 7.89. The van der Waals surface area contributed by atoms with Gasteiger partial charge in [-0.1, -0.05) is 127 Å². The zero-order chi connectivity index (χ0) is 25.3. The van der Waals surface area contributed by atoms with E-state index in [4.69, 9.17) is 0 Å². The Morgan fingerprint density at radius 1 is 0.486 bits per heavy atom. The summed E-state index contributed by atoms with van der Waals surface area (Å²) in [6.45, 7) is 0. The summed E-state index contributed by atoms with van der Waals surface area (Å²) in [5, 5.41) is 10.5. The van der Waals surface area contributed by atoms with Crippen LogP contribution in [0.15, 0.2) is 127 Å². The number of nitriles is 1. The molecule has 0 aliphatic rings. The van der Waals surface area contributed by atoms with Crippen LogP contribution in [-0.2, 0) is 25.7 Å². The van der Waals surface area contributed by atoms with Gasteiger partial charge in [-0.05, 0) is 70.2 Å². The molecule has 178 valence electrons. The van der Waals surface area contributed by atoms with E-state index in [1.54, 1.807) is 0 Å². The summed E-state index contributed by atoms with van der Waals surface area (Å²) in [4.78, 5) is 0. The van der Waals surface area contributed by atoms with Gasteiger partial charge in [0, 0.05) is 6.42 Å². The van der Waals surface area contributed by atoms with E-state index in [9.17, 15) is 5.26 Å². The van der Waals surface area contributed by atoms with E-state index in [0.717, 1.165) is 41.5 Å². The minimum atomic E-state index is 0.717. The van der Waals surface area contributed by atoms with Gasteiger partial charge in [-0.3, -0.25) is 0 Å². The molecule has 2 radical (unpaired) electrons. The van der Waals surface area contributed by atoms with Crippen LogP contribution in [0.25, 0.3) is 0 Å². The topological polar surface area (TPSA) is 23.8 Å². The molecule has 0 unspecified atom stereocenters. The van der Waals surface area contributed by atoms with Gasteiger partial charge in [0.2, 0.25) is 0 Å². The van der Waals surface area contributed by atoms with E-state index in [1.165, 1.54) is 27.8 Å². The Morgan fingerprint density at radius 2 is 0.919 bits per heavy atom. The highest BCUT2D eigenvalue weighted by Crippen LogP contribution is 2.31. The maximum atomic E-state index is 10.5. The number of benzene rings is 5. The van der Waals surface area contributed by atoms with Gasteiger partial charge in [0.25, 0.3) is 0 Å². The summed E-state index contributed by atoms with van der Waals surface area (Å²) in [5.41, 5.74) is 10.1. The minimum Gasteiger partial charge on any atom is -0.192 e. The lowest BCUT2D eigenvalue weighted by molar-refractivity contribution is 1.02. The standard InChI is InChI=1S/C36H29N/c37-27-36-33(23-29-15-7-2-8-16-29)26-32(22-21-28-13-5-1-6-14-28)34(24-30-17-9-3-10-18-30)35(36)25-31-19-11-4-12-20-31/h1-20,26H,21,23-25H2. The molecule has 0 atom stereocenters. The quantitative estimate of drug-likeness (QED) is 0.212. The Bertz CT molecular complexity index is 1460. The van der Waals surface area contributed by atoms with Crippen LogP contribution in [0.3, 0.4) is 0 Å². The summed E-state index contributed by atoms with van der Waals surface area (Å²) in [7, 11) is 0. The van der Waals surface area contributed by atoms with Crippen LogP contribution in [0.1, 0.15) is 50.1 Å². The second-order valence-electron chi connectivity index (χ2n) is 9.35. The van der Waals surface area contributed by atoms with E-state index in [-0.39, 0.29) is 0 Å². The predicted molar refractivity (Wildman–Crippen MR) is 151 cm³/mol. The van der Waals surface area contributed by atoms with E-state index >= 15 is 0 Å². The van der Waals surface area contributed by atoms with Crippen LogP contribution < -0.4 is 0 Å². The molecule has 5 aromatic rings. The Labute approximate surface area is 220 Å². The van der Waals surface area contributed by atoms with Crippen molar-refractivity contribution in [1.29, 1.82) is 5.26 Å². The number of hydrogen-bond donors (Lipinski definition) is 0. The normalized spacial score (nSPS) is 10.7. The molecule has 37 heavy (non-hydrogen) atoms. The highest BCUT2D eigenvalue weighted by atomic mass is 14.3. The van der Waals surface area contributed by atoms with Crippen molar-refractivity contribution in [3.8, 4) is 6.07 Å². The summed E-state index contributed by atoms with van der Waals surface area (Å²) in [6, 6.07) is 46.7. The predicted octanol–water partition coefficient (Wildman–Crippen LogP) is 8.00. The molecule has 5 aromatic carbocycles. The molecule has 0 aliphatic heterocycles. The molecule has 0 spiro atoms. The molecule has 0 fully saturated rings. The third-order valence-corrected chi connectivity index (χ3v) is 6.75. The third kappa shape index (κ3) is 6.24. The molecule has 0 amide bonds. The Morgan fingerprint density at radius 3 is 1.41 bits per heavy atom. The number of nitrogens with zero attached hydrogens (tertiary/aromatic N) is 1. The van der Waals surface area contributed by atoms with Crippen LogP contribution >= 0.6 is 0 Å². The number of hydrogen-bond acceptors (Lipinski definition) is 1. The van der Waals surface area contributed by atoms with E-state index in [1.807, 2.05) is 24.3 Å². The van der Waals surface area contributed by atoms with Crippen molar-refractivity contribution in [2.24, 2.45) is 0 Å². The van der Waals surface area contributed by atoms with Gasteiger partial charge in [-0.25, -0.2) is 0 Å². The Balaban J connectivity index is 1.65. The fraction of sp³-hybridized carbons (Fsp3) is 0.111. The van der Waals surface area contributed by atoms with Crippen molar-refractivity contribution in [3.05, 3.63) is 184 Å². The van der Waals surface area contributed by atoms with Gasteiger partial charge < -0.3 is 0 Å². The SMILES string of the molecule is N#Cc1c(Cc2ccccc2)cc([C]Cc2ccccc2)c(Cc2ccccc2)c1Cc1ccccc1. The second-order valence-corrected chi connectivity index (χ2v) is 9.35. The lowest BCUT2D eigenvalue weighted by Gasteiger charge is -2.20.